The molecule has 0 fully saturated rings. The summed E-state index contributed by atoms with van der Waals surface area (Å²) in [5.74, 6) is 1.02. The number of fused-ring (bicyclic) bond motifs is 1. The molecule has 3 nitrogen and oxygen atoms in total. The Morgan fingerprint density at radius 3 is 2.76 bits per heavy atom. The molecule has 0 saturated carbocycles. The van der Waals surface area contributed by atoms with Crippen molar-refractivity contribution in [3.8, 4) is 0 Å². The minimum Gasteiger partial charge on any atom is -0.459 e. The molecular formula is C18H20N2O. The van der Waals surface area contributed by atoms with E-state index in [1.807, 2.05) is 30.6 Å². The second kappa shape index (κ2) is 5.70. The van der Waals surface area contributed by atoms with E-state index in [1.165, 1.54) is 22.1 Å². The van der Waals surface area contributed by atoms with Gasteiger partial charge in [0.25, 0.3) is 0 Å². The number of para-hydroxylation sites is 1. The topological polar surface area (TPSA) is 38.1 Å². The van der Waals surface area contributed by atoms with Crippen LogP contribution in [0.3, 0.4) is 0 Å². The summed E-state index contributed by atoms with van der Waals surface area (Å²) in [7, 11) is 0. The zero-order valence-corrected chi connectivity index (χ0v) is 12.7. The fourth-order valence-corrected chi connectivity index (χ4v) is 2.66. The van der Waals surface area contributed by atoms with Gasteiger partial charge < -0.3 is 9.73 Å². The van der Waals surface area contributed by atoms with E-state index in [0.717, 1.165) is 17.9 Å². The lowest BCUT2D eigenvalue weighted by molar-refractivity contribution is 0.447. The van der Waals surface area contributed by atoms with Crippen LogP contribution >= 0.6 is 0 Å². The van der Waals surface area contributed by atoms with Crippen LogP contribution < -0.4 is 5.32 Å². The van der Waals surface area contributed by atoms with Crippen molar-refractivity contribution in [3.63, 3.8) is 0 Å². The molecule has 1 unspecified atom stereocenters. The van der Waals surface area contributed by atoms with Gasteiger partial charge >= 0.3 is 0 Å². The third-order valence-corrected chi connectivity index (χ3v) is 4.01. The van der Waals surface area contributed by atoms with Crippen molar-refractivity contribution >= 4 is 11.0 Å². The number of hydrogen-bond acceptors (Lipinski definition) is 3. The molecule has 2 aromatic heterocycles. The van der Waals surface area contributed by atoms with E-state index in [9.17, 15) is 0 Å². The van der Waals surface area contributed by atoms with E-state index >= 15 is 0 Å². The Bertz CT molecular complexity index is 761. The number of nitrogens with zero attached hydrogens (tertiary/aromatic N) is 1. The molecule has 0 spiro atoms. The van der Waals surface area contributed by atoms with Gasteiger partial charge in [-0.05, 0) is 49.6 Å². The maximum Gasteiger partial charge on any atom is 0.134 e. The number of aromatic nitrogens is 1. The quantitative estimate of drug-likeness (QED) is 0.774. The van der Waals surface area contributed by atoms with Crippen LogP contribution in [0.2, 0.25) is 0 Å². The van der Waals surface area contributed by atoms with Crippen LogP contribution in [0.15, 0.2) is 47.1 Å². The average Bonchev–Trinajstić information content (AvgIpc) is 2.84. The van der Waals surface area contributed by atoms with E-state index < -0.39 is 0 Å². The molecule has 21 heavy (non-hydrogen) atoms. The first-order valence-corrected chi connectivity index (χ1v) is 7.27. The first-order valence-electron chi connectivity index (χ1n) is 7.27. The molecule has 3 heteroatoms. The number of aryl methyl sites for hydroxylation is 2. The van der Waals surface area contributed by atoms with Crippen molar-refractivity contribution in [3.05, 3.63) is 65.2 Å². The largest absolute Gasteiger partial charge is 0.459 e. The van der Waals surface area contributed by atoms with Crippen molar-refractivity contribution in [2.45, 2.75) is 33.4 Å². The molecule has 0 saturated heterocycles. The summed E-state index contributed by atoms with van der Waals surface area (Å²) in [6.45, 7) is 7.16. The first-order chi connectivity index (χ1) is 10.2. The van der Waals surface area contributed by atoms with Crippen LogP contribution in [0.1, 0.15) is 35.4 Å². The van der Waals surface area contributed by atoms with Gasteiger partial charge in [-0.1, -0.05) is 18.2 Å². The van der Waals surface area contributed by atoms with Crippen LogP contribution in [-0.2, 0) is 6.54 Å². The molecule has 0 aliphatic rings. The third-order valence-electron chi connectivity index (χ3n) is 4.01. The molecule has 108 valence electrons. The number of rotatable bonds is 4. The zero-order valence-electron chi connectivity index (χ0n) is 12.7. The van der Waals surface area contributed by atoms with Gasteiger partial charge in [0.15, 0.2) is 0 Å². The van der Waals surface area contributed by atoms with Crippen molar-refractivity contribution < 1.29 is 4.42 Å². The lowest BCUT2D eigenvalue weighted by Crippen LogP contribution is -2.18. The molecule has 3 rings (SSSR count). The second-order valence-corrected chi connectivity index (χ2v) is 5.49. The van der Waals surface area contributed by atoms with Crippen molar-refractivity contribution in [2.75, 3.05) is 0 Å². The highest BCUT2D eigenvalue weighted by molar-refractivity contribution is 5.82. The molecular weight excluding hydrogens is 260 g/mol. The van der Waals surface area contributed by atoms with E-state index in [4.69, 9.17) is 4.42 Å². The highest BCUT2D eigenvalue weighted by Crippen LogP contribution is 2.29. The Kier molecular flexibility index (Phi) is 3.76. The number of hydrogen-bond donors (Lipinski definition) is 1. The summed E-state index contributed by atoms with van der Waals surface area (Å²) >= 11 is 0. The highest BCUT2D eigenvalue weighted by atomic mass is 16.3. The summed E-state index contributed by atoms with van der Waals surface area (Å²) in [6, 6.07) is 10.4. The van der Waals surface area contributed by atoms with Crippen molar-refractivity contribution in [1.82, 2.24) is 10.3 Å². The van der Waals surface area contributed by atoms with Gasteiger partial charge in [-0.15, -0.1) is 0 Å². The lowest BCUT2D eigenvalue weighted by atomic mass is 10.1. The van der Waals surface area contributed by atoms with E-state index in [-0.39, 0.29) is 6.04 Å². The number of furan rings is 1. The van der Waals surface area contributed by atoms with E-state index in [2.05, 4.69) is 43.2 Å². The van der Waals surface area contributed by atoms with Crippen molar-refractivity contribution in [2.24, 2.45) is 0 Å². The molecule has 0 amide bonds. The smallest absolute Gasteiger partial charge is 0.134 e. The van der Waals surface area contributed by atoms with Gasteiger partial charge in [0.1, 0.15) is 11.3 Å². The molecule has 1 atom stereocenters. The monoisotopic (exact) mass is 280 g/mol. The van der Waals surface area contributed by atoms with Gasteiger partial charge in [-0.25, -0.2) is 0 Å². The summed E-state index contributed by atoms with van der Waals surface area (Å²) in [4.78, 5) is 4.13. The lowest BCUT2D eigenvalue weighted by Gasteiger charge is -2.13. The van der Waals surface area contributed by atoms with E-state index in [0.29, 0.717) is 0 Å². The summed E-state index contributed by atoms with van der Waals surface area (Å²) in [5, 5.41) is 4.73. The first kappa shape index (κ1) is 13.8. The van der Waals surface area contributed by atoms with Gasteiger partial charge in [0.2, 0.25) is 0 Å². The Balaban J connectivity index is 1.80. The molecule has 3 aromatic rings. The SMILES string of the molecule is Cc1cnccc1CNC(C)c1oc2ccccc2c1C. The van der Waals surface area contributed by atoms with Gasteiger partial charge in [-0.2, -0.15) is 0 Å². The van der Waals surface area contributed by atoms with Crippen LogP contribution in [0.25, 0.3) is 11.0 Å². The van der Waals surface area contributed by atoms with Crippen LogP contribution in [-0.4, -0.2) is 4.98 Å². The Morgan fingerprint density at radius 2 is 2.00 bits per heavy atom. The highest BCUT2D eigenvalue weighted by Gasteiger charge is 2.16. The predicted octanol–water partition coefficient (Wildman–Crippen LogP) is 4.30. The molecule has 0 radical (unpaired) electrons. The molecule has 2 heterocycles. The fourth-order valence-electron chi connectivity index (χ4n) is 2.66. The zero-order chi connectivity index (χ0) is 14.8. The fraction of sp³-hybridized carbons (Fsp3) is 0.278. The summed E-state index contributed by atoms with van der Waals surface area (Å²) < 4.78 is 6.00. The molecule has 1 aromatic carbocycles. The molecule has 0 aliphatic carbocycles. The van der Waals surface area contributed by atoms with Gasteiger partial charge in [-0.3, -0.25) is 4.98 Å². The predicted molar refractivity (Wildman–Crippen MR) is 85.2 cm³/mol. The van der Waals surface area contributed by atoms with Gasteiger partial charge in [0, 0.05) is 24.3 Å². The van der Waals surface area contributed by atoms with Crippen LogP contribution in [0.4, 0.5) is 0 Å². The van der Waals surface area contributed by atoms with Crippen molar-refractivity contribution in [1.29, 1.82) is 0 Å². The number of benzene rings is 1. The normalized spacial score (nSPS) is 12.7. The summed E-state index contributed by atoms with van der Waals surface area (Å²) in [5.41, 5.74) is 4.65. The minimum absolute atomic E-state index is 0.171. The molecule has 0 aliphatic heterocycles. The Labute approximate surface area is 125 Å². The maximum absolute atomic E-state index is 6.00. The van der Waals surface area contributed by atoms with Crippen LogP contribution in [0, 0.1) is 13.8 Å². The van der Waals surface area contributed by atoms with E-state index in [1.54, 1.807) is 0 Å². The Hall–Kier alpha value is -2.13. The standard InChI is InChI=1S/C18H20N2O/c1-12-10-19-9-8-15(12)11-20-14(3)18-13(2)16-6-4-5-7-17(16)21-18/h4-10,14,20H,11H2,1-3H3. The summed E-state index contributed by atoms with van der Waals surface area (Å²) in [6.07, 6.45) is 3.73. The molecule has 1 N–H and O–H groups in total. The average molecular weight is 280 g/mol. The van der Waals surface area contributed by atoms with Gasteiger partial charge in [0.05, 0.1) is 6.04 Å². The second-order valence-electron chi connectivity index (χ2n) is 5.49. The maximum atomic E-state index is 6.00. The number of nitrogens with one attached hydrogen (secondary N) is 1. The third kappa shape index (κ3) is 2.69. The molecule has 0 bridgehead atoms. The number of pyridine rings is 1. The Morgan fingerprint density at radius 1 is 1.19 bits per heavy atom. The van der Waals surface area contributed by atoms with Crippen LogP contribution in [0.5, 0.6) is 0 Å². The minimum atomic E-state index is 0.171.